The zero-order chi connectivity index (χ0) is 26.0. The number of nitrogens with one attached hydrogen (secondary N) is 1. The molecule has 2 aromatic carbocycles. The standard InChI is InChI=1S/C27H29Cl2N3O4.CH4.Na/c1-16-7-10-27(11-8-16)31-24(20-13-21(28)15-22(29)14-20)26(36)32(27)17(2)18-3-5-19(6-4-18)25(35)30-12-9-23(33)34;;/h3-6,13-17H,7-12H2,1-2H3,(H,30,35)(H,33,34);1H4;/q;;+1/p-1/t16?,17-,27?;;/m1../s1. The maximum Gasteiger partial charge on any atom is 1.00 e. The fourth-order valence-corrected chi connectivity index (χ4v) is 5.57. The van der Waals surface area contributed by atoms with Crippen molar-refractivity contribution < 1.29 is 49.0 Å². The number of amides is 2. The first kappa shape index (κ1) is 32.3. The third-order valence-corrected chi connectivity index (χ3v) is 7.49. The van der Waals surface area contributed by atoms with Gasteiger partial charge in [-0.2, -0.15) is 0 Å². The fraction of sp³-hybridized carbons (Fsp3) is 0.429. The van der Waals surface area contributed by atoms with Crippen molar-refractivity contribution in [1.82, 2.24) is 10.2 Å². The van der Waals surface area contributed by atoms with Crippen molar-refractivity contribution in [3.63, 3.8) is 0 Å². The van der Waals surface area contributed by atoms with Gasteiger partial charge in [0.15, 0.2) is 0 Å². The molecule has 0 saturated heterocycles. The van der Waals surface area contributed by atoms with E-state index in [4.69, 9.17) is 28.2 Å². The van der Waals surface area contributed by atoms with Gasteiger partial charge in [0.1, 0.15) is 11.4 Å². The Balaban J connectivity index is 0.00000253. The van der Waals surface area contributed by atoms with E-state index in [1.165, 1.54) is 0 Å². The minimum Gasteiger partial charge on any atom is -0.550 e. The Hall–Kier alpha value is -1.90. The first-order chi connectivity index (χ1) is 17.1. The molecule has 2 aliphatic rings. The normalized spacial score (nSPS) is 21.3. The molecular formula is C28H32Cl2N3NaO4. The van der Waals surface area contributed by atoms with Crippen LogP contribution in [0.3, 0.4) is 0 Å². The van der Waals surface area contributed by atoms with E-state index in [9.17, 15) is 19.5 Å². The molecule has 2 aromatic rings. The van der Waals surface area contributed by atoms with Gasteiger partial charge in [-0.25, -0.2) is 0 Å². The van der Waals surface area contributed by atoms with Crippen LogP contribution in [0.1, 0.15) is 80.9 Å². The van der Waals surface area contributed by atoms with Crippen molar-refractivity contribution in [3.05, 3.63) is 69.2 Å². The third-order valence-electron chi connectivity index (χ3n) is 7.06. The molecule has 0 radical (unpaired) electrons. The Morgan fingerprint density at radius 3 is 2.26 bits per heavy atom. The van der Waals surface area contributed by atoms with E-state index in [0.29, 0.717) is 32.8 Å². The maximum atomic E-state index is 13.8. The molecule has 198 valence electrons. The summed E-state index contributed by atoms with van der Waals surface area (Å²) in [5, 5.41) is 14.0. The molecule has 10 heteroatoms. The minimum atomic E-state index is -1.22. The third kappa shape index (κ3) is 6.99. The molecule has 2 amide bonds. The van der Waals surface area contributed by atoms with E-state index < -0.39 is 11.6 Å². The Kier molecular flexibility index (Phi) is 11.4. The Morgan fingerprint density at radius 1 is 1.13 bits per heavy atom. The first-order valence-corrected chi connectivity index (χ1v) is 12.8. The molecule has 4 rings (SSSR count). The van der Waals surface area contributed by atoms with Crippen LogP contribution in [-0.4, -0.2) is 40.6 Å². The second-order valence-electron chi connectivity index (χ2n) is 9.63. The number of benzene rings is 2. The summed E-state index contributed by atoms with van der Waals surface area (Å²) in [7, 11) is 0. The Bertz CT molecular complexity index is 1190. The zero-order valence-electron chi connectivity index (χ0n) is 21.2. The number of carbonyl (C=O) groups excluding carboxylic acids is 3. The van der Waals surface area contributed by atoms with Gasteiger partial charge in [-0.3, -0.25) is 14.6 Å². The van der Waals surface area contributed by atoms with Gasteiger partial charge in [0, 0.05) is 40.1 Å². The number of aliphatic carboxylic acids is 1. The average molecular weight is 568 g/mol. The van der Waals surface area contributed by atoms with Crippen molar-refractivity contribution in [2.45, 2.75) is 65.1 Å². The number of nitrogens with zero attached hydrogens (tertiary/aromatic N) is 2. The number of rotatable bonds is 7. The molecule has 1 aliphatic carbocycles. The second-order valence-corrected chi connectivity index (χ2v) is 10.5. The second kappa shape index (κ2) is 13.4. The summed E-state index contributed by atoms with van der Waals surface area (Å²) in [5.41, 5.74) is 1.60. The topological polar surface area (TPSA) is 102 Å². The summed E-state index contributed by atoms with van der Waals surface area (Å²) in [5.74, 6) is -1.19. The maximum absolute atomic E-state index is 13.8. The Labute approximate surface area is 256 Å². The van der Waals surface area contributed by atoms with Crippen LogP contribution in [0.2, 0.25) is 10.0 Å². The average Bonchev–Trinajstić information content (AvgIpc) is 3.11. The van der Waals surface area contributed by atoms with Crippen LogP contribution >= 0.6 is 23.2 Å². The van der Waals surface area contributed by atoms with E-state index in [-0.39, 0.29) is 67.8 Å². The van der Waals surface area contributed by atoms with Gasteiger partial charge in [0.05, 0.1) is 6.04 Å². The summed E-state index contributed by atoms with van der Waals surface area (Å²) < 4.78 is 0. The number of carboxylic acid groups (broad SMARTS) is 1. The molecule has 7 nitrogen and oxygen atoms in total. The van der Waals surface area contributed by atoms with Gasteiger partial charge >= 0.3 is 29.6 Å². The van der Waals surface area contributed by atoms with E-state index >= 15 is 0 Å². The molecule has 1 spiro atoms. The van der Waals surface area contributed by atoms with Crippen LogP contribution < -0.4 is 40.0 Å². The minimum absolute atomic E-state index is 0. The van der Waals surface area contributed by atoms with Crippen LogP contribution in [0.5, 0.6) is 0 Å². The van der Waals surface area contributed by atoms with Crippen LogP contribution in [0.15, 0.2) is 47.5 Å². The predicted octanol–water partition coefficient (Wildman–Crippen LogP) is 1.80. The summed E-state index contributed by atoms with van der Waals surface area (Å²) in [6.45, 7) is 4.18. The summed E-state index contributed by atoms with van der Waals surface area (Å²) >= 11 is 12.5. The quantitative estimate of drug-likeness (QED) is 0.515. The SMILES string of the molecule is C.CC1CCC2(CC1)N=C(c1cc(Cl)cc(Cl)c1)C(=O)N2[C@H](C)c1ccc(C(=O)NCCC(=O)[O-])cc1.[Na+]. The van der Waals surface area contributed by atoms with Gasteiger partial charge in [0.25, 0.3) is 11.8 Å². The number of carboxylic acids is 1. The van der Waals surface area contributed by atoms with Gasteiger partial charge in [-0.15, -0.1) is 0 Å². The monoisotopic (exact) mass is 567 g/mol. The molecular weight excluding hydrogens is 536 g/mol. The van der Waals surface area contributed by atoms with E-state index in [2.05, 4.69) is 12.2 Å². The number of hydrogen-bond donors (Lipinski definition) is 1. The van der Waals surface area contributed by atoms with Gasteiger partial charge < -0.3 is 20.1 Å². The van der Waals surface area contributed by atoms with Crippen LogP contribution in [0.25, 0.3) is 0 Å². The zero-order valence-corrected chi connectivity index (χ0v) is 24.7. The fourth-order valence-electron chi connectivity index (χ4n) is 5.05. The summed E-state index contributed by atoms with van der Waals surface area (Å²) in [4.78, 5) is 43.6. The van der Waals surface area contributed by atoms with Crippen molar-refractivity contribution in [2.75, 3.05) is 6.54 Å². The largest absolute Gasteiger partial charge is 1.00 e. The van der Waals surface area contributed by atoms with Gasteiger partial charge in [-0.05, 0) is 74.4 Å². The molecule has 38 heavy (non-hydrogen) atoms. The van der Waals surface area contributed by atoms with Crippen LogP contribution in [0, 0.1) is 5.92 Å². The number of halogens is 2. The predicted molar refractivity (Wildman–Crippen MR) is 144 cm³/mol. The molecule has 1 aliphatic heterocycles. The molecule has 1 N–H and O–H groups in total. The number of aliphatic imine (C=N–C) groups is 1. The smallest absolute Gasteiger partial charge is 0.550 e. The molecule has 1 heterocycles. The first-order valence-electron chi connectivity index (χ1n) is 12.1. The van der Waals surface area contributed by atoms with E-state index in [0.717, 1.165) is 31.2 Å². The van der Waals surface area contributed by atoms with Crippen molar-refractivity contribution >= 4 is 46.7 Å². The molecule has 1 saturated carbocycles. The molecule has 1 atom stereocenters. The van der Waals surface area contributed by atoms with Crippen LogP contribution in [-0.2, 0) is 9.59 Å². The van der Waals surface area contributed by atoms with Gasteiger partial charge in [0.2, 0.25) is 0 Å². The van der Waals surface area contributed by atoms with Crippen LogP contribution in [0.4, 0.5) is 0 Å². The van der Waals surface area contributed by atoms with E-state index in [1.54, 1.807) is 30.3 Å². The number of hydrogen-bond acceptors (Lipinski definition) is 5. The van der Waals surface area contributed by atoms with Crippen molar-refractivity contribution in [2.24, 2.45) is 10.9 Å². The molecule has 0 aromatic heterocycles. The summed E-state index contributed by atoms with van der Waals surface area (Å²) in [6, 6.07) is 11.7. The molecule has 0 unspecified atom stereocenters. The number of carbonyl (C=O) groups is 3. The van der Waals surface area contributed by atoms with Gasteiger partial charge in [-0.1, -0.05) is 49.7 Å². The van der Waals surface area contributed by atoms with E-state index in [1.807, 2.05) is 24.0 Å². The molecule has 0 bridgehead atoms. The molecule has 1 fully saturated rings. The Morgan fingerprint density at radius 2 is 1.71 bits per heavy atom. The van der Waals surface area contributed by atoms with Crippen molar-refractivity contribution in [3.8, 4) is 0 Å². The van der Waals surface area contributed by atoms with Crippen molar-refractivity contribution in [1.29, 1.82) is 0 Å². The summed E-state index contributed by atoms with van der Waals surface area (Å²) in [6.07, 6.45) is 3.21.